The van der Waals surface area contributed by atoms with Crippen LogP contribution < -0.4 is 0 Å². The largest absolute Gasteiger partial charge is 0.374 e. The Morgan fingerprint density at radius 1 is 1.22 bits per heavy atom. The van der Waals surface area contributed by atoms with Crippen molar-refractivity contribution in [3.05, 3.63) is 39.7 Å². The van der Waals surface area contributed by atoms with Crippen molar-refractivity contribution in [2.75, 3.05) is 26.2 Å². The summed E-state index contributed by atoms with van der Waals surface area (Å²) in [4.78, 5) is 24.8. The van der Waals surface area contributed by atoms with Gasteiger partial charge in [-0.15, -0.1) is 11.3 Å². The van der Waals surface area contributed by atoms with Crippen LogP contribution in [0.4, 0.5) is 0 Å². The van der Waals surface area contributed by atoms with Crippen LogP contribution in [0.15, 0.2) is 12.5 Å². The number of ketones is 1. The molecule has 0 radical (unpaired) electrons. The molecular weight excluding hydrogens is 482 g/mol. The predicted molar refractivity (Wildman–Crippen MR) is 149 cm³/mol. The van der Waals surface area contributed by atoms with Crippen molar-refractivity contribution in [1.82, 2.24) is 24.5 Å². The van der Waals surface area contributed by atoms with E-state index in [2.05, 4.69) is 60.8 Å². The number of aryl methyl sites for hydroxylation is 2. The molecule has 2 fully saturated rings. The van der Waals surface area contributed by atoms with Gasteiger partial charge in [0.1, 0.15) is 16.9 Å². The van der Waals surface area contributed by atoms with E-state index in [1.165, 1.54) is 48.6 Å². The second-order valence-corrected chi connectivity index (χ2v) is 12.6. The number of nitrogens with one attached hydrogen (secondary N) is 1. The van der Waals surface area contributed by atoms with Gasteiger partial charge in [0.15, 0.2) is 5.65 Å². The molecule has 0 amide bonds. The van der Waals surface area contributed by atoms with Crippen LogP contribution >= 0.6 is 11.3 Å². The van der Waals surface area contributed by atoms with E-state index in [0.29, 0.717) is 18.4 Å². The van der Waals surface area contributed by atoms with E-state index < -0.39 is 0 Å². The molecular formula is C29H37N5O2S. The Bertz CT molecular complexity index is 1500. The number of pyridine rings is 1. The Kier molecular flexibility index (Phi) is 6.05. The Morgan fingerprint density at radius 2 is 1.97 bits per heavy atom. The number of likely N-dealkylation sites (tertiary alicyclic amines) is 1. The number of carbonyl (C=O) groups is 1. The summed E-state index contributed by atoms with van der Waals surface area (Å²) in [5.74, 6) is 1.06. The molecule has 2 aliphatic rings. The summed E-state index contributed by atoms with van der Waals surface area (Å²) < 4.78 is 8.43. The third kappa shape index (κ3) is 4.04. The van der Waals surface area contributed by atoms with E-state index >= 15 is 0 Å². The quantitative estimate of drug-likeness (QED) is 0.354. The van der Waals surface area contributed by atoms with Crippen LogP contribution in [0.5, 0.6) is 0 Å². The minimum Gasteiger partial charge on any atom is -0.374 e. The van der Waals surface area contributed by atoms with E-state index in [0.717, 1.165) is 44.6 Å². The number of rotatable bonds is 5. The van der Waals surface area contributed by atoms with Gasteiger partial charge < -0.3 is 9.72 Å². The smallest absolute Gasteiger partial charge is 0.158 e. The van der Waals surface area contributed by atoms with Gasteiger partial charge in [-0.2, -0.15) is 5.10 Å². The maximum atomic E-state index is 11.5. The minimum absolute atomic E-state index is 0.0318. The number of aromatic amines is 1. The van der Waals surface area contributed by atoms with E-state index in [4.69, 9.17) is 4.74 Å². The zero-order valence-corrected chi connectivity index (χ0v) is 23.6. The number of hydrogen-bond donors (Lipinski definition) is 1. The predicted octanol–water partition coefficient (Wildman–Crippen LogP) is 5.92. The first-order valence-electron chi connectivity index (χ1n) is 13.5. The fraction of sp³-hybridized carbons (Fsp3) is 0.552. The normalized spacial score (nSPS) is 20.2. The highest BCUT2D eigenvalue weighted by Gasteiger charge is 2.44. The van der Waals surface area contributed by atoms with Crippen molar-refractivity contribution in [2.24, 2.45) is 0 Å². The molecule has 4 aromatic heterocycles. The number of nitrogens with zero attached hydrogens (tertiary/aromatic N) is 4. The van der Waals surface area contributed by atoms with Gasteiger partial charge >= 0.3 is 0 Å². The maximum Gasteiger partial charge on any atom is 0.158 e. The highest BCUT2D eigenvalue weighted by Crippen LogP contribution is 2.49. The maximum absolute atomic E-state index is 11.5. The molecule has 2 saturated heterocycles. The van der Waals surface area contributed by atoms with E-state index in [1.54, 1.807) is 13.3 Å². The number of piperidine rings is 1. The first-order chi connectivity index (χ1) is 17.7. The van der Waals surface area contributed by atoms with Crippen LogP contribution in [0.2, 0.25) is 0 Å². The zero-order chi connectivity index (χ0) is 26.1. The molecule has 4 aromatic rings. The fourth-order valence-electron chi connectivity index (χ4n) is 6.68. The summed E-state index contributed by atoms with van der Waals surface area (Å²) in [5.41, 5.74) is 8.51. The van der Waals surface area contributed by atoms with Crippen molar-refractivity contribution in [3.8, 4) is 11.3 Å². The van der Waals surface area contributed by atoms with Gasteiger partial charge in [0, 0.05) is 41.0 Å². The van der Waals surface area contributed by atoms with Crippen molar-refractivity contribution in [2.45, 2.75) is 78.2 Å². The molecule has 0 aromatic carbocycles. The van der Waals surface area contributed by atoms with Gasteiger partial charge in [-0.3, -0.25) is 9.69 Å². The van der Waals surface area contributed by atoms with E-state index in [-0.39, 0.29) is 11.4 Å². The van der Waals surface area contributed by atoms with Gasteiger partial charge in [-0.05, 0) is 75.1 Å². The minimum atomic E-state index is -0.0318. The zero-order valence-electron chi connectivity index (χ0n) is 22.8. The van der Waals surface area contributed by atoms with Gasteiger partial charge in [0.2, 0.25) is 0 Å². The molecule has 37 heavy (non-hydrogen) atoms. The lowest BCUT2D eigenvalue weighted by atomic mass is 9.84. The van der Waals surface area contributed by atoms with Crippen molar-refractivity contribution in [1.29, 1.82) is 0 Å². The molecule has 1 atom stereocenters. The molecule has 196 valence electrons. The van der Waals surface area contributed by atoms with Crippen molar-refractivity contribution >= 4 is 33.0 Å². The second kappa shape index (κ2) is 9.03. The molecule has 7 nitrogen and oxygen atoms in total. The van der Waals surface area contributed by atoms with E-state index in [9.17, 15) is 4.79 Å². The van der Waals surface area contributed by atoms with Gasteiger partial charge in [-0.1, -0.05) is 13.8 Å². The highest BCUT2D eigenvalue weighted by atomic mass is 32.1. The summed E-state index contributed by atoms with van der Waals surface area (Å²) in [7, 11) is 0. The number of fused-ring (bicyclic) bond motifs is 2. The van der Waals surface area contributed by atoms with Crippen LogP contribution in [0.25, 0.3) is 27.1 Å². The summed E-state index contributed by atoms with van der Waals surface area (Å²) in [6.07, 6.45) is 6.86. The summed E-state index contributed by atoms with van der Waals surface area (Å²) in [6.45, 7) is 16.2. The van der Waals surface area contributed by atoms with Crippen LogP contribution in [0, 0.1) is 20.8 Å². The number of hydrogen-bond acceptors (Lipinski definition) is 6. The standard InChI is InChI=1S/C29H37N5O2S/c1-16(2)23-24-20(6)26(21-11-29(36-14-21)7-9-33(10-8-29)12-17(3)35)37-28(24)32-25(23)22-13-34-27(30-15-31-34)19(5)18(22)4/h13,15-16,21,32H,7-12,14H2,1-6H3. The van der Waals surface area contributed by atoms with Crippen LogP contribution in [-0.2, 0) is 9.53 Å². The molecule has 1 unspecified atom stereocenters. The number of carbonyl (C=O) groups excluding carboxylic acids is 1. The molecule has 0 saturated carbocycles. The summed E-state index contributed by atoms with van der Waals surface area (Å²) >= 11 is 1.91. The number of thiophene rings is 1. The molecule has 2 aliphatic heterocycles. The van der Waals surface area contributed by atoms with Gasteiger partial charge in [0.05, 0.1) is 24.4 Å². The summed E-state index contributed by atoms with van der Waals surface area (Å²) in [6, 6.07) is 0. The lowest BCUT2D eigenvalue weighted by molar-refractivity contribution is -0.119. The first kappa shape index (κ1) is 24.8. The van der Waals surface area contributed by atoms with Gasteiger partial charge in [0.25, 0.3) is 0 Å². The average Bonchev–Trinajstić information content (AvgIpc) is 3.62. The molecule has 6 heterocycles. The van der Waals surface area contributed by atoms with Crippen LogP contribution in [-0.4, -0.2) is 62.1 Å². The lowest BCUT2D eigenvalue weighted by Crippen LogP contribution is -2.45. The topological polar surface area (TPSA) is 75.5 Å². The number of ether oxygens (including phenoxy) is 1. The fourth-order valence-corrected chi connectivity index (χ4v) is 7.99. The first-order valence-corrected chi connectivity index (χ1v) is 14.3. The second-order valence-electron chi connectivity index (χ2n) is 11.6. The van der Waals surface area contributed by atoms with Crippen LogP contribution in [0.3, 0.4) is 0 Å². The van der Waals surface area contributed by atoms with Crippen molar-refractivity contribution in [3.63, 3.8) is 0 Å². The highest BCUT2D eigenvalue weighted by molar-refractivity contribution is 7.19. The lowest BCUT2D eigenvalue weighted by Gasteiger charge is -2.38. The molecule has 8 heteroatoms. The Hall–Kier alpha value is -2.55. The molecule has 1 spiro atoms. The molecule has 1 N–H and O–H groups in total. The van der Waals surface area contributed by atoms with E-state index in [1.807, 2.05) is 15.9 Å². The molecule has 6 rings (SSSR count). The third-order valence-electron chi connectivity index (χ3n) is 8.73. The Labute approximate surface area is 222 Å². The monoisotopic (exact) mass is 519 g/mol. The van der Waals surface area contributed by atoms with Crippen molar-refractivity contribution < 1.29 is 9.53 Å². The van der Waals surface area contributed by atoms with Crippen LogP contribution in [0.1, 0.15) is 79.0 Å². The molecule has 0 bridgehead atoms. The third-order valence-corrected chi connectivity index (χ3v) is 10.1. The Balaban J connectivity index is 1.34. The summed E-state index contributed by atoms with van der Waals surface area (Å²) in [5, 5.41) is 5.81. The molecule has 0 aliphatic carbocycles. The SMILES string of the molecule is CC(=O)CN1CCC2(CC1)CC(c1sc3[nH]c(-c4cn5ncnc5c(C)c4C)c(C(C)C)c3c1C)CO2. The van der Waals surface area contributed by atoms with Gasteiger partial charge in [-0.25, -0.2) is 9.50 Å². The average molecular weight is 520 g/mol. The number of Topliss-reactive ketones (excluding diaryl/α,β-unsaturated/α-hetero) is 1. The number of H-pyrrole nitrogens is 1. The number of aromatic nitrogens is 4. The Morgan fingerprint density at radius 3 is 2.68 bits per heavy atom.